The molecule has 0 N–H and O–H groups in total. The molecule has 0 radical (unpaired) electrons. The lowest BCUT2D eigenvalue weighted by atomic mass is 9.44. The standard InChI is InChI=1S/C29H49BrO2/c1-19(2)7-6-8-20(3)24-11-12-25-23-10-9-21-17-22(32-27(31)18-30)13-15-28(21,4)26(23)14-16-29(24,25)5/h19-26H,6-18H2,1-5H3/t20?,21-,22-,23?,24+,25?,26?,28-,29+/m0/s1. The van der Waals surface area contributed by atoms with Crippen LogP contribution in [0.4, 0.5) is 0 Å². The zero-order valence-electron chi connectivity index (χ0n) is 21.5. The molecule has 4 aliphatic rings. The van der Waals surface area contributed by atoms with Gasteiger partial charge in [-0.05, 0) is 110 Å². The molecule has 9 atom stereocenters. The number of halogens is 1. The van der Waals surface area contributed by atoms with E-state index >= 15 is 0 Å². The number of rotatable bonds is 7. The maximum atomic E-state index is 11.8. The zero-order valence-corrected chi connectivity index (χ0v) is 23.1. The lowest BCUT2D eigenvalue weighted by Crippen LogP contribution is -2.54. The second-order valence-electron chi connectivity index (χ2n) is 13.2. The first-order valence-electron chi connectivity index (χ1n) is 13.9. The quantitative estimate of drug-likeness (QED) is 0.254. The first-order chi connectivity index (χ1) is 15.2. The van der Waals surface area contributed by atoms with Gasteiger partial charge in [-0.25, -0.2) is 0 Å². The average Bonchev–Trinajstić information content (AvgIpc) is 3.11. The highest BCUT2D eigenvalue weighted by atomic mass is 79.9. The fourth-order valence-corrected chi connectivity index (χ4v) is 9.70. The maximum Gasteiger partial charge on any atom is 0.316 e. The van der Waals surface area contributed by atoms with Gasteiger partial charge in [0.15, 0.2) is 0 Å². The maximum absolute atomic E-state index is 11.8. The van der Waals surface area contributed by atoms with Crippen LogP contribution >= 0.6 is 15.9 Å². The van der Waals surface area contributed by atoms with Gasteiger partial charge in [-0.1, -0.05) is 69.8 Å². The van der Waals surface area contributed by atoms with Crippen LogP contribution in [-0.2, 0) is 9.53 Å². The Bertz CT molecular complexity index is 662. The van der Waals surface area contributed by atoms with E-state index < -0.39 is 0 Å². The minimum Gasteiger partial charge on any atom is -0.462 e. The molecule has 2 nitrogen and oxygen atoms in total. The molecule has 0 spiro atoms. The number of hydrogen-bond acceptors (Lipinski definition) is 2. The monoisotopic (exact) mass is 508 g/mol. The summed E-state index contributed by atoms with van der Waals surface area (Å²) in [6.45, 7) is 12.7. The lowest BCUT2D eigenvalue weighted by Gasteiger charge is -2.61. The molecule has 32 heavy (non-hydrogen) atoms. The normalized spacial score (nSPS) is 44.5. The van der Waals surface area contributed by atoms with Crippen molar-refractivity contribution in [3.8, 4) is 0 Å². The Morgan fingerprint density at radius 1 is 0.938 bits per heavy atom. The summed E-state index contributed by atoms with van der Waals surface area (Å²) in [4.78, 5) is 11.8. The Morgan fingerprint density at radius 3 is 2.38 bits per heavy atom. The van der Waals surface area contributed by atoms with Crippen molar-refractivity contribution in [2.75, 3.05) is 5.33 Å². The van der Waals surface area contributed by atoms with Gasteiger partial charge >= 0.3 is 5.97 Å². The molecule has 184 valence electrons. The second-order valence-corrected chi connectivity index (χ2v) is 13.8. The van der Waals surface area contributed by atoms with E-state index in [4.69, 9.17) is 4.74 Å². The third kappa shape index (κ3) is 4.59. The summed E-state index contributed by atoms with van der Waals surface area (Å²) in [7, 11) is 0. The molecular formula is C29H49BrO2. The van der Waals surface area contributed by atoms with Crippen LogP contribution in [-0.4, -0.2) is 17.4 Å². The van der Waals surface area contributed by atoms with Crippen LogP contribution < -0.4 is 0 Å². The van der Waals surface area contributed by atoms with Gasteiger partial charge in [0.25, 0.3) is 0 Å². The van der Waals surface area contributed by atoms with Crippen LogP contribution in [0.1, 0.15) is 112 Å². The predicted molar refractivity (Wildman–Crippen MR) is 137 cm³/mol. The third-order valence-electron chi connectivity index (χ3n) is 11.2. The van der Waals surface area contributed by atoms with Crippen molar-refractivity contribution >= 4 is 21.9 Å². The minimum absolute atomic E-state index is 0.0831. The van der Waals surface area contributed by atoms with E-state index in [0.29, 0.717) is 16.2 Å². The largest absolute Gasteiger partial charge is 0.462 e. The number of esters is 1. The summed E-state index contributed by atoms with van der Waals surface area (Å²) in [5.41, 5.74) is 1.06. The summed E-state index contributed by atoms with van der Waals surface area (Å²) in [6, 6.07) is 0. The molecule has 0 aromatic rings. The SMILES string of the molecule is CC(C)CCCC(C)[C@H]1CCC2C3CC[C@H]4C[C@@H](OC(=O)CBr)CC[C@]4(C)C3CC[C@@]21C. The Labute approximate surface area is 206 Å². The highest BCUT2D eigenvalue weighted by Crippen LogP contribution is 2.68. The molecule has 4 saturated carbocycles. The van der Waals surface area contributed by atoms with Crippen molar-refractivity contribution < 1.29 is 9.53 Å². The number of hydrogen-bond donors (Lipinski definition) is 0. The smallest absolute Gasteiger partial charge is 0.316 e. The number of fused-ring (bicyclic) bond motifs is 5. The number of alkyl halides is 1. The van der Waals surface area contributed by atoms with Crippen LogP contribution in [0, 0.1) is 52.3 Å². The number of carbonyl (C=O) groups excluding carboxylic acids is 1. The van der Waals surface area contributed by atoms with Crippen molar-refractivity contribution in [1.82, 2.24) is 0 Å². The molecule has 4 aliphatic carbocycles. The van der Waals surface area contributed by atoms with E-state index in [9.17, 15) is 4.79 Å². The first kappa shape index (κ1) is 25.1. The van der Waals surface area contributed by atoms with Crippen molar-refractivity contribution in [2.24, 2.45) is 52.3 Å². The molecule has 0 saturated heterocycles. The van der Waals surface area contributed by atoms with Crippen LogP contribution in [0.5, 0.6) is 0 Å². The lowest BCUT2D eigenvalue weighted by molar-refractivity contribution is -0.160. The van der Waals surface area contributed by atoms with Gasteiger partial charge in [0.2, 0.25) is 0 Å². The molecule has 0 bridgehead atoms. The van der Waals surface area contributed by atoms with Crippen LogP contribution in [0.3, 0.4) is 0 Å². The summed E-state index contributed by atoms with van der Waals surface area (Å²) in [5, 5.41) is 0.327. The third-order valence-corrected chi connectivity index (χ3v) is 11.7. The van der Waals surface area contributed by atoms with E-state index in [1.165, 1.54) is 64.2 Å². The van der Waals surface area contributed by atoms with Gasteiger partial charge in [0, 0.05) is 0 Å². The van der Waals surface area contributed by atoms with Crippen molar-refractivity contribution in [3.05, 3.63) is 0 Å². The Balaban J connectivity index is 1.42. The second kappa shape index (κ2) is 9.90. The zero-order chi connectivity index (χ0) is 23.1. The molecular weight excluding hydrogens is 460 g/mol. The van der Waals surface area contributed by atoms with Crippen LogP contribution in [0.15, 0.2) is 0 Å². The molecule has 4 fully saturated rings. The van der Waals surface area contributed by atoms with Crippen molar-refractivity contribution in [3.63, 3.8) is 0 Å². The molecule has 4 unspecified atom stereocenters. The minimum atomic E-state index is -0.0831. The van der Waals surface area contributed by atoms with Crippen LogP contribution in [0.25, 0.3) is 0 Å². The fourth-order valence-electron chi connectivity index (χ4n) is 9.57. The van der Waals surface area contributed by atoms with Gasteiger partial charge in [-0.3, -0.25) is 4.79 Å². The average molecular weight is 510 g/mol. The first-order valence-corrected chi connectivity index (χ1v) is 15.1. The van der Waals surface area contributed by atoms with Crippen molar-refractivity contribution in [1.29, 1.82) is 0 Å². The van der Waals surface area contributed by atoms with E-state index in [1.807, 2.05) is 0 Å². The Morgan fingerprint density at radius 2 is 1.66 bits per heavy atom. The molecule has 3 heteroatoms. The number of carbonyl (C=O) groups is 1. The number of ether oxygens (including phenoxy) is 1. The molecule has 0 heterocycles. The molecule has 0 aromatic heterocycles. The summed E-state index contributed by atoms with van der Waals surface area (Å²) < 4.78 is 5.76. The van der Waals surface area contributed by atoms with Gasteiger partial charge in [0.05, 0.1) is 0 Å². The fraction of sp³-hybridized carbons (Fsp3) is 0.966. The molecule has 0 aliphatic heterocycles. The summed E-state index contributed by atoms with van der Waals surface area (Å²) in [5.74, 6) is 6.17. The van der Waals surface area contributed by atoms with Gasteiger partial charge < -0.3 is 4.74 Å². The summed E-state index contributed by atoms with van der Waals surface area (Å²) in [6.07, 6.45) is 16.5. The van der Waals surface area contributed by atoms with Gasteiger partial charge in [-0.15, -0.1) is 0 Å². The predicted octanol–water partition coefficient (Wildman–Crippen LogP) is 8.41. The van der Waals surface area contributed by atoms with E-state index in [-0.39, 0.29) is 12.1 Å². The Hall–Kier alpha value is -0.0500. The highest BCUT2D eigenvalue weighted by Gasteiger charge is 2.60. The van der Waals surface area contributed by atoms with Gasteiger partial charge in [-0.2, -0.15) is 0 Å². The van der Waals surface area contributed by atoms with Crippen molar-refractivity contribution in [2.45, 2.75) is 118 Å². The van der Waals surface area contributed by atoms with E-state index in [1.54, 1.807) is 0 Å². The van der Waals surface area contributed by atoms with Crippen LogP contribution in [0.2, 0.25) is 0 Å². The topological polar surface area (TPSA) is 26.3 Å². The van der Waals surface area contributed by atoms with E-state index in [2.05, 4.69) is 50.5 Å². The molecule has 4 rings (SSSR count). The molecule has 0 aromatic carbocycles. The Kier molecular flexibility index (Phi) is 7.75. The molecule has 0 amide bonds. The summed E-state index contributed by atoms with van der Waals surface area (Å²) >= 11 is 3.26. The van der Waals surface area contributed by atoms with E-state index in [0.717, 1.165) is 54.3 Å². The highest BCUT2D eigenvalue weighted by molar-refractivity contribution is 9.09. The van der Waals surface area contributed by atoms with Gasteiger partial charge in [0.1, 0.15) is 11.4 Å².